The molecule has 0 N–H and O–H groups in total. The Morgan fingerprint density at radius 1 is 1.17 bits per heavy atom. The summed E-state index contributed by atoms with van der Waals surface area (Å²) in [7, 11) is 1.57. The molecule has 3 rings (SSSR count). The van der Waals surface area contributed by atoms with Crippen LogP contribution in [0.4, 0.5) is 11.4 Å². The minimum absolute atomic E-state index is 0.0156. The number of methoxy groups -OCH3 is 1. The number of carbonyl (C=O) groups excluding carboxylic acids is 1. The van der Waals surface area contributed by atoms with Crippen LogP contribution in [-0.2, 0) is 0 Å². The molecule has 160 valence electrons. The predicted molar refractivity (Wildman–Crippen MR) is 113 cm³/mol. The molecule has 30 heavy (non-hydrogen) atoms. The molecule has 0 atom stereocenters. The molecule has 0 fully saturated rings. The number of ether oxygens (including phenoxy) is 3. The fraction of sp³-hybridized carbons (Fsp3) is 0.409. The minimum atomic E-state index is -0.574. The molecule has 8 nitrogen and oxygen atoms in total. The highest BCUT2D eigenvalue weighted by molar-refractivity contribution is 6.09. The first-order valence-electron chi connectivity index (χ1n) is 9.95. The van der Waals surface area contributed by atoms with Crippen LogP contribution < -0.4 is 19.1 Å². The van der Waals surface area contributed by atoms with Gasteiger partial charge in [0.25, 0.3) is 5.91 Å². The van der Waals surface area contributed by atoms with Gasteiger partial charge < -0.3 is 19.1 Å². The number of nitro groups is 1. The fourth-order valence-electron chi connectivity index (χ4n) is 3.22. The van der Waals surface area contributed by atoms with E-state index in [0.29, 0.717) is 43.5 Å². The van der Waals surface area contributed by atoms with Crippen molar-refractivity contribution in [2.75, 3.05) is 31.8 Å². The summed E-state index contributed by atoms with van der Waals surface area (Å²) in [5.41, 5.74) is 0.258. The molecule has 0 bridgehead atoms. The van der Waals surface area contributed by atoms with E-state index in [0.717, 1.165) is 6.42 Å². The van der Waals surface area contributed by atoms with Crippen LogP contribution in [0.5, 0.6) is 17.2 Å². The van der Waals surface area contributed by atoms with E-state index in [9.17, 15) is 14.9 Å². The Morgan fingerprint density at radius 2 is 1.87 bits per heavy atom. The van der Waals surface area contributed by atoms with Gasteiger partial charge in [-0.3, -0.25) is 14.9 Å². The maximum Gasteiger partial charge on any atom is 0.327 e. The molecule has 0 saturated heterocycles. The van der Waals surface area contributed by atoms with Gasteiger partial charge in [0.15, 0.2) is 5.75 Å². The van der Waals surface area contributed by atoms with Crippen molar-refractivity contribution in [1.82, 2.24) is 0 Å². The number of nitrogens with zero attached hydrogens (tertiary/aromatic N) is 2. The van der Waals surface area contributed by atoms with E-state index in [1.54, 1.807) is 42.3 Å². The molecular weight excluding hydrogens is 388 g/mol. The Morgan fingerprint density at radius 3 is 2.50 bits per heavy atom. The van der Waals surface area contributed by atoms with Gasteiger partial charge in [-0.1, -0.05) is 13.8 Å². The molecule has 1 heterocycles. The number of hydrogen-bond acceptors (Lipinski definition) is 6. The molecule has 8 heteroatoms. The van der Waals surface area contributed by atoms with E-state index in [1.807, 2.05) is 0 Å². The molecule has 0 radical (unpaired) electrons. The van der Waals surface area contributed by atoms with Crippen molar-refractivity contribution >= 4 is 17.3 Å². The second-order valence-electron chi connectivity index (χ2n) is 7.43. The third kappa shape index (κ3) is 4.64. The molecule has 1 aliphatic heterocycles. The van der Waals surface area contributed by atoms with E-state index in [2.05, 4.69) is 13.8 Å². The number of amides is 1. The minimum Gasteiger partial charge on any atom is -0.497 e. The highest BCUT2D eigenvalue weighted by Crippen LogP contribution is 2.42. The molecule has 1 aliphatic rings. The largest absolute Gasteiger partial charge is 0.497 e. The number of rotatable bonds is 7. The first-order chi connectivity index (χ1) is 14.4. The first-order valence-corrected chi connectivity index (χ1v) is 9.95. The number of benzene rings is 2. The summed E-state index contributed by atoms with van der Waals surface area (Å²) in [5.74, 6) is 0.868. The molecule has 0 saturated carbocycles. The van der Waals surface area contributed by atoms with Crippen molar-refractivity contribution in [1.29, 1.82) is 0 Å². The van der Waals surface area contributed by atoms with Crippen molar-refractivity contribution in [3.63, 3.8) is 0 Å². The second-order valence-corrected chi connectivity index (χ2v) is 7.43. The van der Waals surface area contributed by atoms with E-state index in [-0.39, 0.29) is 22.7 Å². The van der Waals surface area contributed by atoms with Crippen molar-refractivity contribution in [2.24, 2.45) is 5.92 Å². The summed E-state index contributed by atoms with van der Waals surface area (Å²) in [4.78, 5) is 26.4. The molecule has 0 unspecified atom stereocenters. The summed E-state index contributed by atoms with van der Waals surface area (Å²) in [6, 6.07) is 10.1. The Labute approximate surface area is 175 Å². The maximum absolute atomic E-state index is 13.5. The Balaban J connectivity index is 2.04. The van der Waals surface area contributed by atoms with Crippen LogP contribution in [0.3, 0.4) is 0 Å². The SMILES string of the molecule is COc1ccc(N(CCC(C)C)C(=O)c2ccc3c(c2[N+](=O)[O-])OCCCO3)cc1. The van der Waals surface area contributed by atoms with Gasteiger partial charge in [-0.05, 0) is 48.7 Å². The van der Waals surface area contributed by atoms with Crippen LogP contribution in [0, 0.1) is 16.0 Å². The monoisotopic (exact) mass is 414 g/mol. The van der Waals surface area contributed by atoms with Crippen LogP contribution in [0.2, 0.25) is 0 Å². The van der Waals surface area contributed by atoms with Gasteiger partial charge in [0, 0.05) is 18.7 Å². The highest BCUT2D eigenvalue weighted by atomic mass is 16.6. The lowest BCUT2D eigenvalue weighted by Gasteiger charge is -2.24. The Bertz CT molecular complexity index is 911. The molecular formula is C22H26N2O6. The van der Waals surface area contributed by atoms with Crippen LogP contribution in [-0.4, -0.2) is 37.7 Å². The molecule has 1 amide bonds. The summed E-state index contributed by atoms with van der Waals surface area (Å²) < 4.78 is 16.3. The topological polar surface area (TPSA) is 91.1 Å². The van der Waals surface area contributed by atoms with Crippen LogP contribution in [0.1, 0.15) is 37.0 Å². The second kappa shape index (κ2) is 9.47. The molecule has 0 aromatic heterocycles. The van der Waals surface area contributed by atoms with Gasteiger partial charge in [-0.15, -0.1) is 0 Å². The summed E-state index contributed by atoms with van der Waals surface area (Å²) in [6.07, 6.45) is 1.36. The lowest BCUT2D eigenvalue weighted by Crippen LogP contribution is -2.33. The lowest BCUT2D eigenvalue weighted by molar-refractivity contribution is -0.386. The summed E-state index contributed by atoms with van der Waals surface area (Å²) >= 11 is 0. The van der Waals surface area contributed by atoms with E-state index in [1.165, 1.54) is 6.07 Å². The maximum atomic E-state index is 13.5. The zero-order valence-electron chi connectivity index (χ0n) is 17.4. The van der Waals surface area contributed by atoms with Gasteiger partial charge in [0.05, 0.1) is 25.2 Å². The van der Waals surface area contributed by atoms with Crippen LogP contribution in [0.15, 0.2) is 36.4 Å². The third-order valence-electron chi connectivity index (χ3n) is 4.86. The molecule has 2 aromatic rings. The number of hydrogen-bond donors (Lipinski definition) is 0. The number of nitro benzene ring substituents is 1. The fourth-order valence-corrected chi connectivity index (χ4v) is 3.22. The van der Waals surface area contributed by atoms with Crippen LogP contribution >= 0.6 is 0 Å². The van der Waals surface area contributed by atoms with Gasteiger partial charge in [0.2, 0.25) is 5.75 Å². The smallest absolute Gasteiger partial charge is 0.327 e. The number of anilines is 1. The highest BCUT2D eigenvalue weighted by Gasteiger charge is 2.33. The first kappa shape index (κ1) is 21.4. The van der Waals surface area contributed by atoms with E-state index in [4.69, 9.17) is 14.2 Å². The zero-order chi connectivity index (χ0) is 21.7. The van der Waals surface area contributed by atoms with Crippen molar-refractivity contribution in [3.8, 4) is 17.2 Å². The molecule has 2 aromatic carbocycles. The lowest BCUT2D eigenvalue weighted by atomic mass is 10.1. The Hall–Kier alpha value is -3.29. The van der Waals surface area contributed by atoms with Crippen molar-refractivity contribution < 1.29 is 23.9 Å². The Kier molecular flexibility index (Phi) is 6.76. The van der Waals surface area contributed by atoms with E-state index >= 15 is 0 Å². The summed E-state index contributed by atoms with van der Waals surface area (Å²) in [5, 5.41) is 11.9. The molecule has 0 spiro atoms. The average molecular weight is 414 g/mol. The molecule has 0 aliphatic carbocycles. The number of carbonyl (C=O) groups is 1. The third-order valence-corrected chi connectivity index (χ3v) is 4.86. The average Bonchev–Trinajstić information content (AvgIpc) is 2.98. The van der Waals surface area contributed by atoms with Gasteiger partial charge in [-0.25, -0.2) is 0 Å². The standard InChI is InChI=1S/C22H26N2O6/c1-15(2)11-12-23(16-5-7-17(28-3)8-6-16)22(25)18-9-10-19-21(20(18)24(26)27)30-14-4-13-29-19/h5-10,15H,4,11-14H2,1-3H3. The van der Waals surface area contributed by atoms with Crippen molar-refractivity contribution in [2.45, 2.75) is 26.7 Å². The van der Waals surface area contributed by atoms with Gasteiger partial charge >= 0.3 is 5.69 Å². The van der Waals surface area contributed by atoms with E-state index < -0.39 is 10.8 Å². The summed E-state index contributed by atoms with van der Waals surface area (Å²) in [6.45, 7) is 5.25. The predicted octanol–water partition coefficient (Wildman–Crippen LogP) is 4.46. The van der Waals surface area contributed by atoms with Gasteiger partial charge in [-0.2, -0.15) is 0 Å². The van der Waals surface area contributed by atoms with Crippen LogP contribution in [0.25, 0.3) is 0 Å². The van der Waals surface area contributed by atoms with Crippen molar-refractivity contribution in [3.05, 3.63) is 52.1 Å². The quantitative estimate of drug-likeness (QED) is 0.491. The number of fused-ring (bicyclic) bond motifs is 1. The zero-order valence-corrected chi connectivity index (χ0v) is 17.4. The van der Waals surface area contributed by atoms with Gasteiger partial charge in [0.1, 0.15) is 11.3 Å². The normalized spacial score (nSPS) is 12.9.